The Morgan fingerprint density at radius 2 is 1.73 bits per heavy atom. The molecule has 0 atom stereocenters. The van der Waals surface area contributed by atoms with E-state index in [0.29, 0.717) is 5.56 Å². The molecule has 9 heteroatoms. The molecule has 0 saturated carbocycles. The molecule has 30 heavy (non-hydrogen) atoms. The van der Waals surface area contributed by atoms with Gasteiger partial charge >= 0.3 is 11.9 Å². The number of hydrogen-bond acceptors (Lipinski definition) is 7. The number of esters is 2. The summed E-state index contributed by atoms with van der Waals surface area (Å²) in [5.41, 5.74) is 0.512. The zero-order valence-electron chi connectivity index (χ0n) is 16.3. The molecule has 0 amide bonds. The minimum absolute atomic E-state index is 0.0192. The molecule has 0 fully saturated rings. The van der Waals surface area contributed by atoms with Crippen molar-refractivity contribution in [1.29, 1.82) is 0 Å². The number of carbonyl (C=O) groups excluding carboxylic acids is 2. The van der Waals surface area contributed by atoms with Gasteiger partial charge in [0.05, 0.1) is 23.8 Å². The van der Waals surface area contributed by atoms with Gasteiger partial charge in [-0.15, -0.1) is 0 Å². The lowest BCUT2D eigenvalue weighted by molar-refractivity contribution is 0.0519. The van der Waals surface area contributed by atoms with Gasteiger partial charge in [-0.3, -0.25) is 0 Å². The molecule has 1 aromatic heterocycles. The van der Waals surface area contributed by atoms with E-state index < -0.39 is 11.9 Å². The van der Waals surface area contributed by atoms with Crippen LogP contribution in [0.4, 0.5) is 0 Å². The number of nitrogens with zero attached hydrogens (tertiary/aromatic N) is 1. The third-order valence-corrected chi connectivity index (χ3v) is 4.79. The van der Waals surface area contributed by atoms with Crippen LogP contribution in [-0.4, -0.2) is 30.8 Å². The average molecular weight is 450 g/mol. The third kappa shape index (κ3) is 4.13. The Kier molecular flexibility index (Phi) is 6.64. The minimum Gasteiger partial charge on any atom is -0.493 e. The van der Waals surface area contributed by atoms with Crippen LogP contribution in [0.3, 0.4) is 0 Å². The monoisotopic (exact) mass is 449 g/mol. The number of ether oxygens (including phenoxy) is 3. The Labute approximate surface area is 182 Å². The summed E-state index contributed by atoms with van der Waals surface area (Å²) in [6, 6.07) is 9.50. The Hall–Kier alpha value is -3.03. The Bertz CT molecular complexity index is 1090. The summed E-state index contributed by atoms with van der Waals surface area (Å²) >= 11 is 12.5. The van der Waals surface area contributed by atoms with Crippen LogP contribution in [0.15, 0.2) is 40.9 Å². The van der Waals surface area contributed by atoms with Crippen molar-refractivity contribution in [2.24, 2.45) is 0 Å². The van der Waals surface area contributed by atoms with Crippen LogP contribution < -0.4 is 9.47 Å². The van der Waals surface area contributed by atoms with E-state index in [2.05, 4.69) is 5.16 Å². The molecule has 7 nitrogen and oxygen atoms in total. The van der Waals surface area contributed by atoms with Crippen molar-refractivity contribution in [3.63, 3.8) is 0 Å². The van der Waals surface area contributed by atoms with Gasteiger partial charge in [0, 0.05) is 5.56 Å². The Balaban J connectivity index is 2.07. The van der Waals surface area contributed by atoms with E-state index in [0.717, 1.165) is 0 Å². The highest BCUT2D eigenvalue weighted by atomic mass is 35.5. The lowest BCUT2D eigenvalue weighted by Crippen LogP contribution is -2.15. The van der Waals surface area contributed by atoms with Crippen LogP contribution in [0, 0.1) is 6.92 Å². The predicted molar refractivity (Wildman–Crippen MR) is 111 cm³/mol. The quantitative estimate of drug-likeness (QED) is 0.369. The molecule has 0 radical (unpaired) electrons. The highest BCUT2D eigenvalue weighted by molar-refractivity contribution is 6.39. The summed E-state index contributed by atoms with van der Waals surface area (Å²) in [5, 5.41) is 4.51. The smallest absolute Gasteiger partial charge is 0.349 e. The fourth-order valence-electron chi connectivity index (χ4n) is 2.80. The second kappa shape index (κ2) is 9.19. The van der Waals surface area contributed by atoms with E-state index in [4.69, 9.17) is 41.9 Å². The maximum atomic E-state index is 13.1. The van der Waals surface area contributed by atoms with E-state index in [1.165, 1.54) is 13.2 Å². The van der Waals surface area contributed by atoms with Gasteiger partial charge in [-0.2, -0.15) is 0 Å². The molecule has 0 unspecified atom stereocenters. The van der Waals surface area contributed by atoms with Crippen LogP contribution >= 0.6 is 23.2 Å². The molecular formula is C21H17Cl2NO6. The van der Waals surface area contributed by atoms with Crippen LogP contribution in [0.1, 0.15) is 33.4 Å². The number of hydrogen-bond donors (Lipinski definition) is 0. The number of benzene rings is 2. The van der Waals surface area contributed by atoms with E-state index >= 15 is 0 Å². The summed E-state index contributed by atoms with van der Waals surface area (Å²) in [7, 11) is 1.39. The van der Waals surface area contributed by atoms with E-state index in [1.807, 2.05) is 0 Å². The SMILES string of the molecule is CCOC(=O)c1cccc(OC)c1OC(=O)c1c(-c2c(Cl)cccc2Cl)noc1C. The molecule has 0 aliphatic heterocycles. The molecular weight excluding hydrogens is 433 g/mol. The van der Waals surface area contributed by atoms with Crippen molar-refractivity contribution in [1.82, 2.24) is 5.16 Å². The van der Waals surface area contributed by atoms with Crippen LogP contribution in [-0.2, 0) is 4.74 Å². The number of methoxy groups -OCH3 is 1. The van der Waals surface area contributed by atoms with E-state index in [9.17, 15) is 9.59 Å². The fourth-order valence-corrected chi connectivity index (χ4v) is 3.38. The van der Waals surface area contributed by atoms with Crippen molar-refractivity contribution >= 4 is 35.1 Å². The zero-order valence-corrected chi connectivity index (χ0v) is 17.8. The molecule has 2 aromatic carbocycles. The van der Waals surface area contributed by atoms with Crippen molar-refractivity contribution < 1.29 is 28.3 Å². The average Bonchev–Trinajstić information content (AvgIpc) is 3.09. The second-order valence-electron chi connectivity index (χ2n) is 6.01. The number of aromatic nitrogens is 1. The summed E-state index contributed by atoms with van der Waals surface area (Å²) in [4.78, 5) is 25.4. The van der Waals surface area contributed by atoms with Gasteiger partial charge in [0.15, 0.2) is 11.5 Å². The summed E-state index contributed by atoms with van der Waals surface area (Å²) in [6.07, 6.45) is 0. The number of para-hydroxylation sites is 1. The summed E-state index contributed by atoms with van der Waals surface area (Å²) in [6.45, 7) is 3.37. The molecule has 3 rings (SSSR count). The number of rotatable bonds is 6. The highest BCUT2D eigenvalue weighted by Gasteiger charge is 2.29. The molecule has 0 spiro atoms. The Morgan fingerprint density at radius 3 is 2.37 bits per heavy atom. The summed E-state index contributed by atoms with van der Waals surface area (Å²) < 4.78 is 21.0. The van der Waals surface area contributed by atoms with Crippen LogP contribution in [0.5, 0.6) is 11.5 Å². The molecule has 0 bridgehead atoms. The van der Waals surface area contributed by atoms with Gasteiger partial charge in [-0.1, -0.05) is 40.5 Å². The first-order valence-electron chi connectivity index (χ1n) is 8.86. The van der Waals surface area contributed by atoms with E-state index in [-0.39, 0.29) is 50.7 Å². The van der Waals surface area contributed by atoms with Crippen molar-refractivity contribution in [3.8, 4) is 22.8 Å². The fraction of sp³-hybridized carbons (Fsp3) is 0.190. The zero-order chi connectivity index (χ0) is 21.8. The maximum absolute atomic E-state index is 13.1. The van der Waals surface area contributed by atoms with Crippen molar-refractivity contribution in [2.75, 3.05) is 13.7 Å². The van der Waals surface area contributed by atoms with Gasteiger partial charge in [0.25, 0.3) is 0 Å². The normalized spacial score (nSPS) is 10.6. The van der Waals surface area contributed by atoms with E-state index in [1.54, 1.807) is 44.2 Å². The second-order valence-corrected chi connectivity index (χ2v) is 6.82. The van der Waals surface area contributed by atoms with Crippen molar-refractivity contribution in [2.45, 2.75) is 13.8 Å². The minimum atomic E-state index is -0.824. The number of halogens is 2. The molecule has 156 valence electrons. The van der Waals surface area contributed by atoms with Gasteiger partial charge in [0.2, 0.25) is 0 Å². The van der Waals surface area contributed by atoms with Crippen LogP contribution in [0.25, 0.3) is 11.3 Å². The largest absolute Gasteiger partial charge is 0.493 e. The maximum Gasteiger partial charge on any atom is 0.349 e. The van der Waals surface area contributed by atoms with Gasteiger partial charge in [-0.05, 0) is 38.1 Å². The van der Waals surface area contributed by atoms with Gasteiger partial charge < -0.3 is 18.7 Å². The van der Waals surface area contributed by atoms with Gasteiger partial charge in [0.1, 0.15) is 22.6 Å². The molecule has 3 aromatic rings. The van der Waals surface area contributed by atoms with Crippen LogP contribution in [0.2, 0.25) is 10.0 Å². The molecule has 0 aliphatic rings. The molecule has 0 N–H and O–H groups in total. The first-order chi connectivity index (χ1) is 14.4. The number of aryl methyl sites for hydroxylation is 1. The first-order valence-corrected chi connectivity index (χ1v) is 9.61. The summed E-state index contributed by atoms with van der Waals surface area (Å²) in [5.74, 6) is -1.19. The lowest BCUT2D eigenvalue weighted by atomic mass is 10.1. The molecule has 1 heterocycles. The first kappa shape index (κ1) is 21.7. The lowest BCUT2D eigenvalue weighted by Gasteiger charge is -2.13. The standard InChI is InChI=1S/C21H17Cl2NO6/c1-4-28-20(25)12-7-5-10-15(27-3)19(12)29-21(26)16-11(2)30-24-18(16)17-13(22)8-6-9-14(17)23/h5-10H,4H2,1-3H3. The third-order valence-electron chi connectivity index (χ3n) is 4.16. The van der Waals surface area contributed by atoms with Crippen molar-refractivity contribution in [3.05, 3.63) is 63.3 Å². The number of carbonyl (C=O) groups is 2. The topological polar surface area (TPSA) is 87.9 Å². The molecule has 0 saturated heterocycles. The highest BCUT2D eigenvalue weighted by Crippen LogP contribution is 2.38. The predicted octanol–water partition coefficient (Wildman–Crippen LogP) is 5.36. The van der Waals surface area contributed by atoms with Gasteiger partial charge in [-0.25, -0.2) is 9.59 Å². The molecule has 0 aliphatic carbocycles. The Morgan fingerprint density at radius 1 is 1.07 bits per heavy atom.